The van der Waals surface area contributed by atoms with Crippen molar-refractivity contribution < 1.29 is 14.3 Å². The molecule has 0 saturated carbocycles. The van der Waals surface area contributed by atoms with Crippen LogP contribution in [0.5, 0.6) is 0 Å². The first kappa shape index (κ1) is 8.41. The van der Waals surface area contributed by atoms with Crippen molar-refractivity contribution in [3.05, 3.63) is 18.4 Å². The third-order valence-corrected chi connectivity index (χ3v) is 0.981. The van der Waals surface area contributed by atoms with Crippen molar-refractivity contribution in [1.29, 1.82) is 0 Å². The second-order valence-corrected chi connectivity index (χ2v) is 1.86. The number of hydrogen-bond acceptors (Lipinski definition) is 5. The number of carbonyl (C=O) groups excluding carboxylic acids is 1. The fourth-order valence-corrected chi connectivity index (χ4v) is 0.491. The Morgan fingerprint density at radius 2 is 2.75 bits per heavy atom. The third kappa shape index (κ3) is 2.51. The second-order valence-electron chi connectivity index (χ2n) is 1.86. The Labute approximate surface area is 67.9 Å². The molecule has 12 heavy (non-hydrogen) atoms. The van der Waals surface area contributed by atoms with E-state index in [0.717, 1.165) is 0 Å². The maximum atomic E-state index is 10.4. The van der Waals surface area contributed by atoms with Gasteiger partial charge in [-0.2, -0.15) is 5.10 Å². The Kier molecular flexibility index (Phi) is 2.97. The van der Waals surface area contributed by atoms with Gasteiger partial charge in [0.2, 0.25) is 0 Å². The summed E-state index contributed by atoms with van der Waals surface area (Å²) < 4.78 is 4.63. The minimum atomic E-state index is -0.587. The molecule has 6 nitrogen and oxygen atoms in total. The molecule has 1 rings (SSSR count). The molecule has 0 aromatic carbocycles. The van der Waals surface area contributed by atoms with Gasteiger partial charge < -0.3 is 9.52 Å². The third-order valence-electron chi connectivity index (χ3n) is 0.981. The van der Waals surface area contributed by atoms with Crippen LogP contribution in [0.15, 0.2) is 22.2 Å². The highest BCUT2D eigenvalue weighted by Gasteiger charge is 1.93. The summed E-state index contributed by atoms with van der Waals surface area (Å²) >= 11 is 0. The van der Waals surface area contributed by atoms with Crippen LogP contribution in [0.25, 0.3) is 0 Å². The molecule has 2 N–H and O–H groups in total. The lowest BCUT2D eigenvalue weighted by atomic mass is 10.5. The molecular formula is C6H7N3O3. The largest absolute Gasteiger partial charge is 0.451 e. The zero-order chi connectivity index (χ0) is 8.81. The van der Waals surface area contributed by atoms with Gasteiger partial charge in [-0.15, -0.1) is 0 Å². The SMILES string of the molecule is O=C(CO)N/N=C/c1cocn1. The van der Waals surface area contributed by atoms with Crippen LogP contribution in [0.4, 0.5) is 0 Å². The summed E-state index contributed by atoms with van der Waals surface area (Å²) in [6, 6.07) is 0. The van der Waals surface area contributed by atoms with Crippen molar-refractivity contribution in [2.45, 2.75) is 0 Å². The van der Waals surface area contributed by atoms with E-state index in [4.69, 9.17) is 5.11 Å². The molecule has 0 spiro atoms. The standard InChI is InChI=1S/C6H7N3O3/c10-2-6(11)9-8-1-5-3-12-4-7-5/h1,3-4,10H,2H2,(H,9,11)/b8-1+. The summed E-state index contributed by atoms with van der Waals surface area (Å²) in [6.45, 7) is -0.587. The predicted molar refractivity (Wildman–Crippen MR) is 39.3 cm³/mol. The number of aromatic nitrogens is 1. The molecule has 0 unspecified atom stereocenters. The Balaban J connectivity index is 2.37. The topological polar surface area (TPSA) is 87.7 Å². The van der Waals surface area contributed by atoms with E-state index >= 15 is 0 Å². The summed E-state index contributed by atoms with van der Waals surface area (Å²) in [4.78, 5) is 14.1. The average Bonchev–Trinajstić information content (AvgIpc) is 2.57. The molecule has 0 radical (unpaired) electrons. The summed E-state index contributed by atoms with van der Waals surface area (Å²) in [6.07, 6.45) is 3.92. The molecule has 0 atom stereocenters. The molecule has 64 valence electrons. The first-order chi connectivity index (χ1) is 5.83. The molecular weight excluding hydrogens is 162 g/mol. The molecule has 1 aromatic heterocycles. The van der Waals surface area contributed by atoms with Gasteiger partial charge in [0, 0.05) is 0 Å². The van der Waals surface area contributed by atoms with Crippen LogP contribution >= 0.6 is 0 Å². The molecule has 0 aliphatic rings. The highest BCUT2D eigenvalue weighted by molar-refractivity contribution is 5.80. The maximum absolute atomic E-state index is 10.4. The number of rotatable bonds is 3. The molecule has 0 bridgehead atoms. The van der Waals surface area contributed by atoms with E-state index < -0.39 is 12.5 Å². The number of amides is 1. The number of hydrogen-bond donors (Lipinski definition) is 2. The molecule has 1 amide bonds. The quantitative estimate of drug-likeness (QED) is 0.454. The van der Waals surface area contributed by atoms with Crippen LogP contribution < -0.4 is 5.43 Å². The smallest absolute Gasteiger partial charge is 0.265 e. The van der Waals surface area contributed by atoms with Gasteiger partial charge in [0.1, 0.15) is 18.6 Å². The van der Waals surface area contributed by atoms with E-state index in [-0.39, 0.29) is 0 Å². The number of oxazole rings is 1. The lowest BCUT2D eigenvalue weighted by Gasteiger charge is -1.90. The van der Waals surface area contributed by atoms with Crippen LogP contribution in [0.1, 0.15) is 5.69 Å². The van der Waals surface area contributed by atoms with Crippen LogP contribution in [-0.4, -0.2) is 28.8 Å². The molecule has 6 heteroatoms. The Bertz CT molecular complexity index is 268. The summed E-state index contributed by atoms with van der Waals surface area (Å²) in [5.41, 5.74) is 2.56. The number of aliphatic hydroxyl groups excluding tert-OH is 1. The number of carbonyl (C=O) groups is 1. The highest BCUT2D eigenvalue weighted by Crippen LogP contribution is 1.87. The minimum absolute atomic E-state index is 0.494. The summed E-state index contributed by atoms with van der Waals surface area (Å²) in [5, 5.41) is 11.7. The normalized spacial score (nSPS) is 10.4. The second kappa shape index (κ2) is 4.24. The van der Waals surface area contributed by atoms with Gasteiger partial charge in [-0.05, 0) is 0 Å². The Morgan fingerprint density at radius 3 is 3.33 bits per heavy atom. The molecule has 0 aliphatic heterocycles. The monoisotopic (exact) mass is 169 g/mol. The van der Waals surface area contributed by atoms with Gasteiger partial charge in [0.25, 0.3) is 5.91 Å². The van der Waals surface area contributed by atoms with E-state index in [0.29, 0.717) is 5.69 Å². The van der Waals surface area contributed by atoms with Gasteiger partial charge in [0.15, 0.2) is 6.39 Å². The molecule has 1 aromatic rings. The van der Waals surface area contributed by atoms with Crippen molar-refractivity contribution in [3.63, 3.8) is 0 Å². The van der Waals surface area contributed by atoms with Crippen molar-refractivity contribution >= 4 is 12.1 Å². The van der Waals surface area contributed by atoms with Gasteiger partial charge in [0.05, 0.1) is 6.21 Å². The predicted octanol–water partition coefficient (Wildman–Crippen LogP) is -0.883. The van der Waals surface area contributed by atoms with Crippen molar-refractivity contribution in [2.24, 2.45) is 5.10 Å². The Morgan fingerprint density at radius 1 is 1.92 bits per heavy atom. The highest BCUT2D eigenvalue weighted by atomic mass is 16.3. The molecule has 0 fully saturated rings. The zero-order valence-corrected chi connectivity index (χ0v) is 6.10. The van der Waals surface area contributed by atoms with E-state index in [9.17, 15) is 4.79 Å². The number of nitrogens with one attached hydrogen (secondary N) is 1. The first-order valence-electron chi connectivity index (χ1n) is 3.14. The van der Waals surface area contributed by atoms with Crippen LogP contribution in [0.3, 0.4) is 0 Å². The number of nitrogens with zero attached hydrogens (tertiary/aromatic N) is 2. The zero-order valence-electron chi connectivity index (χ0n) is 6.10. The van der Waals surface area contributed by atoms with E-state index in [2.05, 4.69) is 19.9 Å². The van der Waals surface area contributed by atoms with Gasteiger partial charge >= 0.3 is 0 Å². The molecule has 1 heterocycles. The average molecular weight is 169 g/mol. The first-order valence-corrected chi connectivity index (χ1v) is 3.14. The van der Waals surface area contributed by atoms with Crippen LogP contribution in [0, 0.1) is 0 Å². The van der Waals surface area contributed by atoms with E-state index in [1.54, 1.807) is 0 Å². The lowest BCUT2D eigenvalue weighted by molar-refractivity contribution is -0.123. The minimum Gasteiger partial charge on any atom is -0.451 e. The van der Waals surface area contributed by atoms with E-state index in [1.165, 1.54) is 18.9 Å². The lowest BCUT2D eigenvalue weighted by Crippen LogP contribution is -2.20. The molecule has 0 aliphatic carbocycles. The van der Waals surface area contributed by atoms with Gasteiger partial charge in [-0.3, -0.25) is 4.79 Å². The number of hydrazone groups is 1. The van der Waals surface area contributed by atoms with Gasteiger partial charge in [-0.1, -0.05) is 0 Å². The summed E-state index contributed by atoms with van der Waals surface area (Å²) in [5.74, 6) is -0.574. The fraction of sp³-hybridized carbons (Fsp3) is 0.167. The van der Waals surface area contributed by atoms with Crippen LogP contribution in [-0.2, 0) is 4.79 Å². The van der Waals surface area contributed by atoms with Crippen molar-refractivity contribution in [1.82, 2.24) is 10.4 Å². The summed E-state index contributed by atoms with van der Waals surface area (Å²) in [7, 11) is 0. The number of aliphatic hydroxyl groups is 1. The van der Waals surface area contributed by atoms with Gasteiger partial charge in [-0.25, -0.2) is 10.4 Å². The maximum Gasteiger partial charge on any atom is 0.265 e. The van der Waals surface area contributed by atoms with Crippen LogP contribution in [0.2, 0.25) is 0 Å². The van der Waals surface area contributed by atoms with Crippen molar-refractivity contribution in [2.75, 3.05) is 6.61 Å². The van der Waals surface area contributed by atoms with Crippen molar-refractivity contribution in [3.8, 4) is 0 Å². The molecule has 0 saturated heterocycles. The Hall–Kier alpha value is -1.69. The fourth-order valence-electron chi connectivity index (χ4n) is 0.491. The van der Waals surface area contributed by atoms with E-state index in [1.807, 2.05) is 0 Å².